The minimum Gasteiger partial charge on any atom is -0.393 e. The third-order valence-electron chi connectivity index (χ3n) is 7.55. The first kappa shape index (κ1) is 25.5. The van der Waals surface area contributed by atoms with Crippen LogP contribution in [0, 0.1) is 27.4 Å². The lowest BCUT2D eigenvalue weighted by atomic mass is 9.59. The Morgan fingerprint density at radius 3 is 2.60 bits per heavy atom. The number of hydrogen-bond donors (Lipinski definition) is 2. The molecule has 0 amide bonds. The molecule has 4 rings (SSSR count). The van der Waals surface area contributed by atoms with Crippen LogP contribution < -0.4 is 4.72 Å². The van der Waals surface area contributed by atoms with Gasteiger partial charge in [-0.25, -0.2) is 13.1 Å². The molecule has 4 atom stereocenters. The molecule has 0 radical (unpaired) electrons. The molecule has 35 heavy (non-hydrogen) atoms. The zero-order chi connectivity index (χ0) is 25.1. The van der Waals surface area contributed by atoms with Crippen molar-refractivity contribution in [3.63, 3.8) is 0 Å². The second-order valence-electron chi connectivity index (χ2n) is 9.89. The van der Waals surface area contributed by atoms with Gasteiger partial charge in [-0.2, -0.15) is 0 Å². The number of sulfonamides is 1. The van der Waals surface area contributed by atoms with Crippen LogP contribution in [-0.2, 0) is 16.6 Å². The Morgan fingerprint density at radius 2 is 1.89 bits per heavy atom. The van der Waals surface area contributed by atoms with Crippen molar-refractivity contribution in [2.45, 2.75) is 43.2 Å². The number of nitrogens with one attached hydrogen (secondary N) is 1. The SMILES string of the molecule is C=CC[C@]1(CNS(=O)(=O)c2ccccc2[N+](=O)[O-])CN(Cc2ccccc2)C[C@H]2CC[C@H](O)C[C@H]21. The first-order valence-corrected chi connectivity index (χ1v) is 13.5. The Hall–Kier alpha value is -2.59. The topological polar surface area (TPSA) is 113 Å². The van der Waals surface area contributed by atoms with Gasteiger partial charge in [0.05, 0.1) is 11.0 Å². The van der Waals surface area contributed by atoms with E-state index in [1.165, 1.54) is 29.8 Å². The van der Waals surface area contributed by atoms with Crippen LogP contribution in [0.1, 0.15) is 31.2 Å². The molecule has 0 aromatic heterocycles. The summed E-state index contributed by atoms with van der Waals surface area (Å²) in [6.45, 7) is 6.36. The molecule has 2 aromatic carbocycles. The van der Waals surface area contributed by atoms with Gasteiger partial charge in [0.15, 0.2) is 4.90 Å². The monoisotopic (exact) mass is 499 g/mol. The maximum atomic E-state index is 13.2. The first-order valence-electron chi connectivity index (χ1n) is 12.0. The Labute approximate surface area is 206 Å². The van der Waals surface area contributed by atoms with Gasteiger partial charge < -0.3 is 5.11 Å². The number of piperidine rings is 1. The summed E-state index contributed by atoms with van der Waals surface area (Å²) in [6.07, 6.45) is 4.23. The summed E-state index contributed by atoms with van der Waals surface area (Å²) in [6, 6.07) is 15.6. The summed E-state index contributed by atoms with van der Waals surface area (Å²) in [4.78, 5) is 12.8. The van der Waals surface area contributed by atoms with Gasteiger partial charge in [-0.15, -0.1) is 6.58 Å². The van der Waals surface area contributed by atoms with E-state index >= 15 is 0 Å². The van der Waals surface area contributed by atoms with Crippen molar-refractivity contribution in [2.75, 3.05) is 19.6 Å². The van der Waals surface area contributed by atoms with Crippen molar-refractivity contribution in [1.29, 1.82) is 0 Å². The minimum absolute atomic E-state index is 0.115. The predicted molar refractivity (Wildman–Crippen MR) is 134 cm³/mol. The van der Waals surface area contributed by atoms with Gasteiger partial charge in [0.1, 0.15) is 0 Å². The van der Waals surface area contributed by atoms with Crippen molar-refractivity contribution in [3.8, 4) is 0 Å². The molecule has 9 heteroatoms. The van der Waals surface area contributed by atoms with Crippen molar-refractivity contribution >= 4 is 15.7 Å². The molecule has 0 bridgehead atoms. The van der Waals surface area contributed by atoms with Gasteiger partial charge in [-0.05, 0) is 49.1 Å². The van der Waals surface area contributed by atoms with E-state index in [1.807, 2.05) is 24.3 Å². The van der Waals surface area contributed by atoms with E-state index in [-0.39, 0.29) is 17.4 Å². The zero-order valence-corrected chi connectivity index (χ0v) is 20.6. The van der Waals surface area contributed by atoms with E-state index in [9.17, 15) is 23.6 Å². The number of aliphatic hydroxyl groups is 1. The molecule has 0 spiro atoms. The lowest BCUT2D eigenvalue weighted by Crippen LogP contribution is -2.59. The molecule has 188 valence electrons. The average Bonchev–Trinajstić information content (AvgIpc) is 2.84. The largest absolute Gasteiger partial charge is 0.393 e. The van der Waals surface area contributed by atoms with Gasteiger partial charge >= 0.3 is 0 Å². The molecule has 2 N–H and O–H groups in total. The Kier molecular flexibility index (Phi) is 7.70. The minimum atomic E-state index is -4.13. The molecular weight excluding hydrogens is 466 g/mol. The van der Waals surface area contributed by atoms with Gasteiger partial charge in [0, 0.05) is 37.7 Å². The molecule has 1 saturated carbocycles. The number of benzene rings is 2. The number of nitro benzene ring substituents is 1. The number of allylic oxidation sites excluding steroid dienone is 1. The highest BCUT2D eigenvalue weighted by atomic mass is 32.2. The van der Waals surface area contributed by atoms with Crippen molar-refractivity contribution in [3.05, 3.63) is 82.9 Å². The van der Waals surface area contributed by atoms with Crippen molar-refractivity contribution in [2.24, 2.45) is 17.3 Å². The van der Waals surface area contributed by atoms with Gasteiger partial charge in [-0.3, -0.25) is 15.0 Å². The zero-order valence-electron chi connectivity index (χ0n) is 19.8. The number of hydrogen-bond acceptors (Lipinski definition) is 6. The van der Waals surface area contributed by atoms with Crippen LogP contribution in [-0.4, -0.2) is 49.1 Å². The average molecular weight is 500 g/mol. The standard InChI is InChI=1S/C26H33N3O5S/c1-2-14-26(18-27-35(33,34)25-11-7-6-10-24(25)29(31)32)19-28(16-20-8-4-3-5-9-20)17-21-12-13-22(30)15-23(21)26/h2-11,21-23,27,30H,1,12-19H2/t21-,22+,23-,26+/m1/s1. The third kappa shape index (κ3) is 5.64. The summed E-state index contributed by atoms with van der Waals surface area (Å²) in [5.41, 5.74) is 0.255. The molecule has 2 fully saturated rings. The normalized spacial score (nSPS) is 27.2. The van der Waals surface area contributed by atoms with Gasteiger partial charge in [0.2, 0.25) is 10.0 Å². The lowest BCUT2D eigenvalue weighted by Gasteiger charge is -2.54. The van der Waals surface area contributed by atoms with Crippen LogP contribution in [0.2, 0.25) is 0 Å². The molecule has 1 heterocycles. The molecule has 8 nitrogen and oxygen atoms in total. The quantitative estimate of drug-likeness (QED) is 0.309. The molecule has 0 unspecified atom stereocenters. The highest BCUT2D eigenvalue weighted by Crippen LogP contribution is 2.49. The molecule has 2 aromatic rings. The second kappa shape index (κ2) is 10.6. The molecule has 1 aliphatic heterocycles. The van der Waals surface area contributed by atoms with Crippen molar-refractivity contribution < 1.29 is 18.4 Å². The van der Waals surface area contributed by atoms with Crippen LogP contribution in [0.4, 0.5) is 5.69 Å². The smallest absolute Gasteiger partial charge is 0.289 e. The maximum absolute atomic E-state index is 13.2. The third-order valence-corrected chi connectivity index (χ3v) is 9.00. The number of nitro groups is 1. The number of rotatable bonds is 9. The predicted octanol–water partition coefficient (Wildman–Crippen LogP) is 3.73. The molecule has 1 aliphatic carbocycles. The van der Waals surface area contributed by atoms with Crippen LogP contribution >= 0.6 is 0 Å². The Bertz CT molecular complexity index is 1160. The maximum Gasteiger partial charge on any atom is 0.289 e. The van der Waals surface area contributed by atoms with E-state index < -0.39 is 32.2 Å². The molecule has 1 saturated heterocycles. The molecule has 2 aliphatic rings. The van der Waals surface area contributed by atoms with Crippen LogP contribution in [0.25, 0.3) is 0 Å². The fraction of sp³-hybridized carbons (Fsp3) is 0.462. The summed E-state index contributed by atoms with van der Waals surface area (Å²) >= 11 is 0. The fourth-order valence-electron chi connectivity index (χ4n) is 6.01. The van der Waals surface area contributed by atoms with E-state index in [0.29, 0.717) is 25.3 Å². The summed E-state index contributed by atoms with van der Waals surface area (Å²) in [5.74, 6) is 0.441. The Balaban J connectivity index is 1.64. The first-order chi connectivity index (χ1) is 16.7. The number of nitrogens with zero attached hydrogens (tertiary/aromatic N) is 2. The van der Waals surface area contributed by atoms with E-state index in [4.69, 9.17) is 0 Å². The Morgan fingerprint density at radius 1 is 1.17 bits per heavy atom. The number of aliphatic hydroxyl groups excluding tert-OH is 1. The number of para-hydroxylation sites is 1. The van der Waals surface area contributed by atoms with Gasteiger partial charge in [0.25, 0.3) is 5.69 Å². The van der Waals surface area contributed by atoms with E-state index in [2.05, 4.69) is 28.3 Å². The van der Waals surface area contributed by atoms with Crippen LogP contribution in [0.15, 0.2) is 72.1 Å². The van der Waals surface area contributed by atoms with Crippen LogP contribution in [0.5, 0.6) is 0 Å². The molecular formula is C26H33N3O5S. The number of fused-ring (bicyclic) bond motifs is 1. The highest BCUT2D eigenvalue weighted by molar-refractivity contribution is 7.89. The fourth-order valence-corrected chi connectivity index (χ4v) is 7.32. The lowest BCUT2D eigenvalue weighted by molar-refractivity contribution is -0.387. The van der Waals surface area contributed by atoms with E-state index in [1.54, 1.807) is 0 Å². The van der Waals surface area contributed by atoms with E-state index in [0.717, 1.165) is 25.9 Å². The summed E-state index contributed by atoms with van der Waals surface area (Å²) in [7, 11) is -4.13. The van der Waals surface area contributed by atoms with Crippen LogP contribution in [0.3, 0.4) is 0 Å². The second-order valence-corrected chi connectivity index (χ2v) is 11.6. The number of likely N-dealkylation sites (tertiary alicyclic amines) is 1. The highest BCUT2D eigenvalue weighted by Gasteiger charge is 2.50. The summed E-state index contributed by atoms with van der Waals surface area (Å²) in [5, 5.41) is 21.9. The van der Waals surface area contributed by atoms with Crippen molar-refractivity contribution in [1.82, 2.24) is 9.62 Å². The van der Waals surface area contributed by atoms with Gasteiger partial charge in [-0.1, -0.05) is 48.5 Å². The summed E-state index contributed by atoms with van der Waals surface area (Å²) < 4.78 is 29.2.